The monoisotopic (exact) mass is 816 g/mol. The standard InChI is InChI=1S/C43H64N2O13/c1-9-41(46)57-35(7)55-31-27-49-25-29-53-33(5)51-23-21-44(11-3)39-17-13-37(14-18-39)43(48)38-15-19-40(20-16-38)45(12-4)22-24-52-34(6)54-30-26-50-28-32-56-36(8)58-42(47)10-2/h9-10,13-20,33-36H,1-2,11-12,21-32H2,3-8H3. The van der Waals surface area contributed by atoms with Crippen LogP contribution >= 0.6 is 0 Å². The molecule has 0 saturated heterocycles. The lowest BCUT2D eigenvalue weighted by atomic mass is 10.0. The lowest BCUT2D eigenvalue weighted by Gasteiger charge is -2.24. The number of anilines is 2. The number of esters is 2. The van der Waals surface area contributed by atoms with E-state index in [9.17, 15) is 14.4 Å². The van der Waals surface area contributed by atoms with Crippen LogP contribution in [-0.2, 0) is 57.0 Å². The van der Waals surface area contributed by atoms with Crippen LogP contribution in [-0.4, -0.2) is 135 Å². The Labute approximate surface area is 344 Å². The highest BCUT2D eigenvalue weighted by molar-refractivity contribution is 6.09. The fraction of sp³-hybridized carbons (Fsp3) is 0.558. The summed E-state index contributed by atoms with van der Waals surface area (Å²) in [5.41, 5.74) is 3.21. The van der Waals surface area contributed by atoms with E-state index in [0.29, 0.717) is 77.1 Å². The first-order valence-electron chi connectivity index (χ1n) is 19.8. The molecular weight excluding hydrogens is 752 g/mol. The van der Waals surface area contributed by atoms with E-state index in [1.54, 1.807) is 13.8 Å². The quantitative estimate of drug-likeness (QED) is 0.0286. The lowest BCUT2D eigenvalue weighted by molar-refractivity contribution is -0.173. The van der Waals surface area contributed by atoms with Crippen molar-refractivity contribution in [1.82, 2.24) is 0 Å². The second-order valence-corrected chi connectivity index (χ2v) is 12.6. The summed E-state index contributed by atoms with van der Waals surface area (Å²) >= 11 is 0. The van der Waals surface area contributed by atoms with Gasteiger partial charge in [-0.3, -0.25) is 4.79 Å². The summed E-state index contributed by atoms with van der Waals surface area (Å²) in [6.07, 6.45) is 0.00175. The number of ketones is 1. The van der Waals surface area contributed by atoms with Crippen molar-refractivity contribution < 1.29 is 61.8 Å². The molecule has 2 rings (SSSR count). The molecule has 0 aliphatic rings. The molecule has 58 heavy (non-hydrogen) atoms. The van der Waals surface area contributed by atoms with Gasteiger partial charge in [-0.05, 0) is 90.1 Å². The number of hydrogen-bond donors (Lipinski definition) is 0. The van der Waals surface area contributed by atoms with Crippen LogP contribution in [0.25, 0.3) is 0 Å². The minimum Gasteiger partial charge on any atom is -0.433 e. The molecule has 15 heteroatoms. The number of carbonyl (C=O) groups is 3. The van der Waals surface area contributed by atoms with E-state index in [-0.39, 0.29) is 19.0 Å². The number of ether oxygens (including phenoxy) is 10. The van der Waals surface area contributed by atoms with E-state index < -0.39 is 37.1 Å². The van der Waals surface area contributed by atoms with Crippen molar-refractivity contribution in [3.05, 3.63) is 85.0 Å². The van der Waals surface area contributed by atoms with Crippen molar-refractivity contribution in [3.63, 3.8) is 0 Å². The third kappa shape index (κ3) is 21.0. The Kier molecular flexibility index (Phi) is 25.8. The number of rotatable bonds is 34. The van der Waals surface area contributed by atoms with Gasteiger partial charge in [-0.2, -0.15) is 0 Å². The van der Waals surface area contributed by atoms with Gasteiger partial charge in [0.2, 0.25) is 12.6 Å². The molecule has 4 atom stereocenters. The fourth-order valence-corrected chi connectivity index (χ4v) is 5.29. The summed E-state index contributed by atoms with van der Waals surface area (Å²) in [6, 6.07) is 15.2. The van der Waals surface area contributed by atoms with Crippen LogP contribution in [0.4, 0.5) is 11.4 Å². The molecule has 2 aromatic rings. The molecule has 4 unspecified atom stereocenters. The highest BCUT2D eigenvalue weighted by Gasteiger charge is 2.14. The van der Waals surface area contributed by atoms with Gasteiger partial charge in [0.1, 0.15) is 0 Å². The average Bonchev–Trinajstić information content (AvgIpc) is 3.23. The molecule has 0 aromatic heterocycles. The summed E-state index contributed by atoms with van der Waals surface area (Å²) in [4.78, 5) is 40.0. The van der Waals surface area contributed by atoms with Crippen molar-refractivity contribution in [1.29, 1.82) is 0 Å². The molecule has 0 bridgehead atoms. The molecule has 0 N–H and O–H groups in total. The Morgan fingerprint density at radius 2 is 0.810 bits per heavy atom. The molecule has 0 aliphatic carbocycles. The highest BCUT2D eigenvalue weighted by Crippen LogP contribution is 2.20. The number of carbonyl (C=O) groups excluding carboxylic acids is 3. The molecule has 0 aliphatic heterocycles. The van der Waals surface area contributed by atoms with Gasteiger partial charge in [0.05, 0.1) is 66.1 Å². The van der Waals surface area contributed by atoms with E-state index in [4.69, 9.17) is 47.4 Å². The summed E-state index contributed by atoms with van der Waals surface area (Å²) in [6.45, 7) is 24.2. The second-order valence-electron chi connectivity index (χ2n) is 12.6. The van der Waals surface area contributed by atoms with E-state index in [1.165, 1.54) is 0 Å². The van der Waals surface area contributed by atoms with Gasteiger partial charge < -0.3 is 57.2 Å². The summed E-state index contributed by atoms with van der Waals surface area (Å²) in [5, 5.41) is 0. The molecule has 0 heterocycles. The molecule has 0 radical (unpaired) electrons. The Hall–Kier alpha value is -4.19. The predicted molar refractivity (Wildman–Crippen MR) is 220 cm³/mol. The lowest BCUT2D eigenvalue weighted by Crippen LogP contribution is -2.29. The Morgan fingerprint density at radius 1 is 0.500 bits per heavy atom. The zero-order chi connectivity index (χ0) is 42.5. The van der Waals surface area contributed by atoms with Crippen molar-refractivity contribution in [2.24, 2.45) is 0 Å². The summed E-state index contributed by atoms with van der Waals surface area (Å²) in [5.74, 6) is -1.13. The van der Waals surface area contributed by atoms with Crippen LogP contribution < -0.4 is 9.80 Å². The molecular formula is C43H64N2O13. The molecule has 0 fully saturated rings. The highest BCUT2D eigenvalue weighted by atomic mass is 16.7. The average molecular weight is 817 g/mol. The first-order chi connectivity index (χ1) is 28.0. The van der Waals surface area contributed by atoms with Crippen LogP contribution in [0.3, 0.4) is 0 Å². The van der Waals surface area contributed by atoms with Gasteiger partial charge in [0.25, 0.3) is 0 Å². The Morgan fingerprint density at radius 3 is 1.12 bits per heavy atom. The van der Waals surface area contributed by atoms with E-state index in [0.717, 1.165) is 36.6 Å². The van der Waals surface area contributed by atoms with Crippen LogP contribution in [0.2, 0.25) is 0 Å². The molecule has 324 valence electrons. The number of nitrogens with zero attached hydrogens (tertiary/aromatic N) is 2. The van der Waals surface area contributed by atoms with E-state index in [1.807, 2.05) is 62.4 Å². The first kappa shape index (κ1) is 50.0. The molecule has 0 amide bonds. The zero-order valence-corrected chi connectivity index (χ0v) is 35.1. The third-order valence-corrected chi connectivity index (χ3v) is 8.40. The van der Waals surface area contributed by atoms with Crippen molar-refractivity contribution in [2.75, 3.05) is 102 Å². The van der Waals surface area contributed by atoms with Crippen LogP contribution in [0.5, 0.6) is 0 Å². The minimum absolute atomic E-state index is 0.0482. The van der Waals surface area contributed by atoms with Gasteiger partial charge in [-0.15, -0.1) is 0 Å². The molecule has 0 saturated carbocycles. The Bertz CT molecular complexity index is 1350. The second kappa shape index (κ2) is 29.9. The first-order valence-corrected chi connectivity index (χ1v) is 19.8. The van der Waals surface area contributed by atoms with Crippen LogP contribution in [0.15, 0.2) is 73.8 Å². The summed E-state index contributed by atoms with van der Waals surface area (Å²) < 4.78 is 54.5. The van der Waals surface area contributed by atoms with Crippen molar-refractivity contribution in [2.45, 2.75) is 66.7 Å². The normalized spacial score (nSPS) is 13.2. The van der Waals surface area contributed by atoms with Gasteiger partial charge in [-0.25, -0.2) is 9.59 Å². The maximum absolute atomic E-state index is 13.3. The SMILES string of the molecule is C=CC(=O)OC(C)OCCOCCOC(C)OCCN(CC)c1ccc(C(=O)c2ccc(N(CC)CCOC(C)OCCOCCOC(C)OC(=O)C=C)cc2)cc1. The maximum Gasteiger partial charge on any atom is 0.332 e. The largest absolute Gasteiger partial charge is 0.433 e. The topological polar surface area (TPSA) is 150 Å². The molecule has 15 nitrogen and oxygen atoms in total. The summed E-state index contributed by atoms with van der Waals surface area (Å²) in [7, 11) is 0. The zero-order valence-electron chi connectivity index (χ0n) is 35.1. The van der Waals surface area contributed by atoms with E-state index >= 15 is 0 Å². The number of likely N-dealkylation sites (N-methyl/N-ethyl adjacent to an activating group) is 2. The van der Waals surface area contributed by atoms with Crippen molar-refractivity contribution in [3.8, 4) is 0 Å². The number of hydrogen-bond acceptors (Lipinski definition) is 15. The fourth-order valence-electron chi connectivity index (χ4n) is 5.29. The molecule has 2 aromatic carbocycles. The number of benzene rings is 2. The van der Waals surface area contributed by atoms with Gasteiger partial charge in [-0.1, -0.05) is 13.2 Å². The minimum atomic E-state index is -0.674. The van der Waals surface area contributed by atoms with Crippen LogP contribution in [0.1, 0.15) is 57.5 Å². The maximum atomic E-state index is 13.3. The van der Waals surface area contributed by atoms with Gasteiger partial charge >= 0.3 is 11.9 Å². The van der Waals surface area contributed by atoms with Crippen LogP contribution in [0, 0.1) is 0 Å². The van der Waals surface area contributed by atoms with Crippen molar-refractivity contribution >= 4 is 29.1 Å². The Balaban J connectivity index is 1.66. The van der Waals surface area contributed by atoms with E-state index in [2.05, 4.69) is 36.8 Å². The third-order valence-electron chi connectivity index (χ3n) is 8.40. The van der Waals surface area contributed by atoms with Gasteiger partial charge in [0.15, 0.2) is 18.4 Å². The van der Waals surface area contributed by atoms with Gasteiger partial charge in [0, 0.05) is 60.8 Å². The smallest absolute Gasteiger partial charge is 0.332 e. The predicted octanol–water partition coefficient (Wildman–Crippen LogP) is 5.55. The molecule has 0 spiro atoms.